The number of rotatable bonds is 5. The van der Waals surface area contributed by atoms with Gasteiger partial charge in [0.05, 0.1) is 24.9 Å². The van der Waals surface area contributed by atoms with Crippen LogP contribution in [0, 0.1) is 13.8 Å². The number of benzene rings is 1. The van der Waals surface area contributed by atoms with Gasteiger partial charge in [-0.2, -0.15) is 5.10 Å². The molecule has 2 aromatic heterocycles. The maximum atomic E-state index is 5.66. The Balaban J connectivity index is 1.64. The SMILES string of the molecule is COc1cc2c(cc1-c1nccn1CCn1nc(C)cc1C)CCC2. The molecule has 4 rings (SSSR count). The van der Waals surface area contributed by atoms with Gasteiger partial charge in [-0.3, -0.25) is 4.68 Å². The molecule has 0 N–H and O–H groups in total. The highest BCUT2D eigenvalue weighted by atomic mass is 16.5. The van der Waals surface area contributed by atoms with E-state index < -0.39 is 0 Å². The first-order valence-electron chi connectivity index (χ1n) is 8.88. The molecule has 0 unspecified atom stereocenters. The monoisotopic (exact) mass is 336 g/mol. The summed E-state index contributed by atoms with van der Waals surface area (Å²) in [5, 5.41) is 4.55. The van der Waals surface area contributed by atoms with Crippen molar-refractivity contribution in [1.82, 2.24) is 19.3 Å². The summed E-state index contributed by atoms with van der Waals surface area (Å²) in [5.41, 5.74) is 6.18. The standard InChI is InChI=1S/C20H24N4O/c1-14-11-15(2)24(22-14)10-9-23-8-7-21-20(23)18-12-16-5-4-6-17(16)13-19(18)25-3/h7-8,11-13H,4-6,9-10H2,1-3H3. The van der Waals surface area contributed by atoms with E-state index in [0.717, 1.165) is 48.8 Å². The Morgan fingerprint density at radius 2 is 1.88 bits per heavy atom. The molecule has 130 valence electrons. The van der Waals surface area contributed by atoms with Crippen molar-refractivity contribution in [2.45, 2.75) is 46.2 Å². The molecular formula is C20H24N4O. The lowest BCUT2D eigenvalue weighted by atomic mass is 10.0. The summed E-state index contributed by atoms with van der Waals surface area (Å²) >= 11 is 0. The van der Waals surface area contributed by atoms with Gasteiger partial charge in [0.25, 0.3) is 0 Å². The van der Waals surface area contributed by atoms with Gasteiger partial charge in [0.15, 0.2) is 0 Å². The first-order chi connectivity index (χ1) is 12.2. The lowest BCUT2D eigenvalue weighted by Gasteiger charge is -2.14. The van der Waals surface area contributed by atoms with Crippen molar-refractivity contribution >= 4 is 0 Å². The third-order valence-corrected chi connectivity index (χ3v) is 5.03. The molecule has 1 aliphatic rings. The Bertz CT molecular complexity index is 907. The number of imidazole rings is 1. The van der Waals surface area contributed by atoms with E-state index in [1.165, 1.54) is 23.2 Å². The Hall–Kier alpha value is -2.56. The number of nitrogens with zero attached hydrogens (tertiary/aromatic N) is 4. The van der Waals surface area contributed by atoms with Gasteiger partial charge in [-0.1, -0.05) is 0 Å². The second kappa shape index (κ2) is 6.39. The highest BCUT2D eigenvalue weighted by Crippen LogP contribution is 2.35. The summed E-state index contributed by atoms with van der Waals surface area (Å²) in [6.07, 6.45) is 7.43. The quantitative estimate of drug-likeness (QED) is 0.715. The minimum atomic E-state index is 0.830. The number of fused-ring (bicyclic) bond motifs is 1. The molecule has 0 saturated carbocycles. The molecule has 0 atom stereocenters. The smallest absolute Gasteiger partial charge is 0.143 e. The Morgan fingerprint density at radius 3 is 2.60 bits per heavy atom. The van der Waals surface area contributed by atoms with Gasteiger partial charge in [-0.05, 0) is 62.4 Å². The first kappa shape index (κ1) is 15.9. The summed E-state index contributed by atoms with van der Waals surface area (Å²) in [6, 6.07) is 6.57. The van der Waals surface area contributed by atoms with E-state index in [9.17, 15) is 0 Å². The van der Waals surface area contributed by atoms with E-state index >= 15 is 0 Å². The van der Waals surface area contributed by atoms with Crippen LogP contribution in [-0.2, 0) is 25.9 Å². The highest BCUT2D eigenvalue weighted by Gasteiger charge is 2.18. The summed E-state index contributed by atoms with van der Waals surface area (Å²) < 4.78 is 9.91. The van der Waals surface area contributed by atoms with Gasteiger partial charge in [-0.25, -0.2) is 4.98 Å². The van der Waals surface area contributed by atoms with Gasteiger partial charge < -0.3 is 9.30 Å². The van der Waals surface area contributed by atoms with Crippen molar-refractivity contribution in [2.24, 2.45) is 0 Å². The van der Waals surface area contributed by atoms with E-state index in [2.05, 4.69) is 44.5 Å². The fourth-order valence-corrected chi connectivity index (χ4v) is 3.78. The molecule has 0 spiro atoms. The maximum absolute atomic E-state index is 5.66. The van der Waals surface area contributed by atoms with E-state index in [1.807, 2.05) is 19.3 Å². The molecule has 3 aromatic rings. The molecule has 0 amide bonds. The number of aromatic nitrogens is 4. The van der Waals surface area contributed by atoms with Gasteiger partial charge in [0.2, 0.25) is 0 Å². The second-order valence-electron chi connectivity index (χ2n) is 6.77. The van der Waals surface area contributed by atoms with Crippen LogP contribution in [-0.4, -0.2) is 26.4 Å². The van der Waals surface area contributed by atoms with Crippen LogP contribution in [0.1, 0.15) is 28.9 Å². The Labute approximate surface area is 148 Å². The second-order valence-corrected chi connectivity index (χ2v) is 6.77. The zero-order valence-corrected chi connectivity index (χ0v) is 15.1. The van der Waals surface area contributed by atoms with E-state index in [0.29, 0.717) is 0 Å². The normalized spacial score (nSPS) is 13.2. The molecule has 5 nitrogen and oxygen atoms in total. The van der Waals surface area contributed by atoms with E-state index in [1.54, 1.807) is 7.11 Å². The minimum absolute atomic E-state index is 0.830. The van der Waals surface area contributed by atoms with Gasteiger partial charge >= 0.3 is 0 Å². The Kier molecular flexibility index (Phi) is 4.07. The average Bonchev–Trinajstić information content (AvgIpc) is 3.31. The third kappa shape index (κ3) is 2.95. The van der Waals surface area contributed by atoms with Crippen LogP contribution in [0.2, 0.25) is 0 Å². The molecule has 2 heterocycles. The summed E-state index contributed by atoms with van der Waals surface area (Å²) in [7, 11) is 1.74. The molecule has 25 heavy (non-hydrogen) atoms. The lowest BCUT2D eigenvalue weighted by molar-refractivity contribution is 0.415. The van der Waals surface area contributed by atoms with Crippen molar-refractivity contribution in [3.05, 3.63) is 53.1 Å². The molecule has 1 aliphatic carbocycles. The van der Waals surface area contributed by atoms with Crippen LogP contribution < -0.4 is 4.74 Å². The molecule has 0 fully saturated rings. The topological polar surface area (TPSA) is 44.9 Å². The van der Waals surface area contributed by atoms with Crippen LogP contribution in [0.3, 0.4) is 0 Å². The predicted octanol–water partition coefficient (Wildman–Crippen LogP) is 3.56. The van der Waals surface area contributed by atoms with E-state index in [4.69, 9.17) is 4.74 Å². The minimum Gasteiger partial charge on any atom is -0.496 e. The zero-order chi connectivity index (χ0) is 17.4. The summed E-state index contributed by atoms with van der Waals surface area (Å²) in [4.78, 5) is 4.61. The molecule has 0 saturated heterocycles. The molecule has 5 heteroatoms. The van der Waals surface area contributed by atoms with Crippen LogP contribution in [0.25, 0.3) is 11.4 Å². The maximum Gasteiger partial charge on any atom is 0.143 e. The van der Waals surface area contributed by atoms with Crippen LogP contribution in [0.5, 0.6) is 5.75 Å². The van der Waals surface area contributed by atoms with Crippen molar-refractivity contribution in [3.8, 4) is 17.1 Å². The number of methoxy groups -OCH3 is 1. The predicted molar refractivity (Wildman–Crippen MR) is 97.9 cm³/mol. The average molecular weight is 336 g/mol. The summed E-state index contributed by atoms with van der Waals surface area (Å²) in [6.45, 7) is 5.79. The number of aryl methyl sites for hydroxylation is 6. The third-order valence-electron chi connectivity index (χ3n) is 5.03. The first-order valence-corrected chi connectivity index (χ1v) is 8.88. The lowest BCUT2D eigenvalue weighted by Crippen LogP contribution is -2.11. The van der Waals surface area contributed by atoms with Crippen molar-refractivity contribution < 1.29 is 4.74 Å². The van der Waals surface area contributed by atoms with Crippen LogP contribution in [0.15, 0.2) is 30.6 Å². The van der Waals surface area contributed by atoms with Crippen molar-refractivity contribution in [2.75, 3.05) is 7.11 Å². The number of ether oxygens (including phenoxy) is 1. The summed E-state index contributed by atoms with van der Waals surface area (Å²) in [5.74, 6) is 1.88. The van der Waals surface area contributed by atoms with Crippen LogP contribution in [0.4, 0.5) is 0 Å². The highest BCUT2D eigenvalue weighted by molar-refractivity contribution is 5.67. The number of hydrogen-bond acceptors (Lipinski definition) is 3. The molecular weight excluding hydrogens is 312 g/mol. The van der Waals surface area contributed by atoms with Gasteiger partial charge in [0.1, 0.15) is 11.6 Å². The molecule has 0 aliphatic heterocycles. The van der Waals surface area contributed by atoms with Crippen molar-refractivity contribution in [3.63, 3.8) is 0 Å². The molecule has 0 bridgehead atoms. The van der Waals surface area contributed by atoms with E-state index in [-0.39, 0.29) is 0 Å². The van der Waals surface area contributed by atoms with Gasteiger partial charge in [-0.15, -0.1) is 0 Å². The van der Waals surface area contributed by atoms with Crippen LogP contribution >= 0.6 is 0 Å². The zero-order valence-electron chi connectivity index (χ0n) is 15.1. The Morgan fingerprint density at radius 1 is 1.08 bits per heavy atom. The number of hydrogen-bond donors (Lipinski definition) is 0. The molecule has 1 aromatic carbocycles. The largest absolute Gasteiger partial charge is 0.496 e. The van der Waals surface area contributed by atoms with Crippen molar-refractivity contribution in [1.29, 1.82) is 0 Å². The molecule has 0 radical (unpaired) electrons. The fourth-order valence-electron chi connectivity index (χ4n) is 3.78. The fraction of sp³-hybridized carbons (Fsp3) is 0.400. The van der Waals surface area contributed by atoms with Gasteiger partial charge in [0, 0.05) is 24.6 Å².